The van der Waals surface area contributed by atoms with Crippen LogP contribution in [0.25, 0.3) is 0 Å². The lowest BCUT2D eigenvalue weighted by Crippen LogP contribution is -2.35. The summed E-state index contributed by atoms with van der Waals surface area (Å²) in [4.78, 5) is 30.5. The molecule has 0 bridgehead atoms. The van der Waals surface area contributed by atoms with Crippen LogP contribution in [0.3, 0.4) is 0 Å². The van der Waals surface area contributed by atoms with Crippen molar-refractivity contribution in [3.63, 3.8) is 0 Å². The maximum absolute atomic E-state index is 12.5. The molecule has 2 heterocycles. The number of benzene rings is 1. The standard InChI is InChI=1S/C22H25N3O3/c1-22(2)13-18-17(20(26)14-22)12-19(25(27)28)21(23-18)24-10-8-16(9-11-24)15-6-4-3-5-7-15/h3-7,12,16H,8-11,13-14H2,1-2H3. The number of nitrogens with zero attached hydrogens (tertiary/aromatic N) is 3. The summed E-state index contributed by atoms with van der Waals surface area (Å²) >= 11 is 0. The second-order valence-electron chi connectivity index (χ2n) is 8.70. The van der Waals surface area contributed by atoms with Crippen LogP contribution < -0.4 is 4.90 Å². The number of pyridine rings is 1. The summed E-state index contributed by atoms with van der Waals surface area (Å²) in [6.45, 7) is 5.54. The molecule has 2 aliphatic rings. The molecule has 6 heteroatoms. The minimum atomic E-state index is -0.404. The maximum Gasteiger partial charge on any atom is 0.312 e. The lowest BCUT2D eigenvalue weighted by molar-refractivity contribution is -0.384. The fourth-order valence-corrected chi connectivity index (χ4v) is 4.47. The molecule has 1 aliphatic carbocycles. The highest BCUT2D eigenvalue weighted by molar-refractivity contribution is 5.99. The number of carbonyl (C=O) groups excluding carboxylic acids is 1. The number of nitro groups is 1. The Hall–Kier alpha value is -2.76. The Balaban J connectivity index is 1.63. The van der Waals surface area contributed by atoms with Crippen molar-refractivity contribution in [3.05, 3.63) is 63.3 Å². The van der Waals surface area contributed by atoms with Gasteiger partial charge in [-0.25, -0.2) is 4.98 Å². The van der Waals surface area contributed by atoms with Gasteiger partial charge in [0.15, 0.2) is 5.78 Å². The van der Waals surface area contributed by atoms with E-state index in [4.69, 9.17) is 0 Å². The van der Waals surface area contributed by atoms with Gasteiger partial charge in [-0.05, 0) is 36.2 Å². The molecule has 1 aromatic carbocycles. The van der Waals surface area contributed by atoms with Gasteiger partial charge >= 0.3 is 5.69 Å². The molecule has 1 saturated heterocycles. The highest BCUT2D eigenvalue weighted by atomic mass is 16.6. The summed E-state index contributed by atoms with van der Waals surface area (Å²) in [5.74, 6) is 0.839. The average Bonchev–Trinajstić information content (AvgIpc) is 2.67. The lowest BCUT2D eigenvalue weighted by Gasteiger charge is -2.34. The molecule has 2 aromatic rings. The molecule has 1 aromatic heterocycles. The predicted molar refractivity (Wildman–Crippen MR) is 108 cm³/mol. The SMILES string of the molecule is CC1(C)CC(=O)c2cc([N+](=O)[O-])c(N3CCC(c4ccccc4)CC3)nc2C1. The van der Waals surface area contributed by atoms with Crippen LogP contribution in [0.1, 0.15) is 60.6 Å². The van der Waals surface area contributed by atoms with E-state index in [0.29, 0.717) is 35.8 Å². The minimum absolute atomic E-state index is 0.0452. The number of fused-ring (bicyclic) bond motifs is 1. The van der Waals surface area contributed by atoms with Gasteiger partial charge in [0.1, 0.15) is 0 Å². The third kappa shape index (κ3) is 3.51. The molecular weight excluding hydrogens is 354 g/mol. The molecule has 0 N–H and O–H groups in total. The Morgan fingerprint density at radius 3 is 2.46 bits per heavy atom. The van der Waals surface area contributed by atoms with Crippen molar-refractivity contribution in [2.45, 2.75) is 45.4 Å². The summed E-state index contributed by atoms with van der Waals surface area (Å²) in [7, 11) is 0. The molecule has 1 aliphatic heterocycles. The first-order valence-corrected chi connectivity index (χ1v) is 9.85. The number of Topliss-reactive ketones (excluding diaryl/α,β-unsaturated/α-hetero) is 1. The second kappa shape index (κ2) is 7.00. The summed E-state index contributed by atoms with van der Waals surface area (Å²) in [5.41, 5.74) is 2.23. The van der Waals surface area contributed by atoms with E-state index in [1.165, 1.54) is 11.6 Å². The molecule has 0 amide bonds. The number of hydrogen-bond acceptors (Lipinski definition) is 5. The topological polar surface area (TPSA) is 76.3 Å². The van der Waals surface area contributed by atoms with Crippen molar-refractivity contribution in [3.8, 4) is 0 Å². The number of rotatable bonds is 3. The van der Waals surface area contributed by atoms with Gasteiger partial charge in [0, 0.05) is 31.1 Å². The highest BCUT2D eigenvalue weighted by Gasteiger charge is 2.36. The monoisotopic (exact) mass is 379 g/mol. The van der Waals surface area contributed by atoms with E-state index in [1.54, 1.807) is 0 Å². The fraction of sp³-hybridized carbons (Fsp3) is 0.455. The second-order valence-corrected chi connectivity index (χ2v) is 8.70. The van der Waals surface area contributed by atoms with Crippen molar-refractivity contribution in [1.29, 1.82) is 0 Å². The van der Waals surface area contributed by atoms with Crippen LogP contribution in [0.2, 0.25) is 0 Å². The molecule has 0 radical (unpaired) electrons. The summed E-state index contributed by atoms with van der Waals surface area (Å²) < 4.78 is 0. The van der Waals surface area contributed by atoms with E-state index in [0.717, 1.165) is 25.9 Å². The smallest absolute Gasteiger partial charge is 0.312 e. The van der Waals surface area contributed by atoms with Crippen LogP contribution in [0.4, 0.5) is 11.5 Å². The Morgan fingerprint density at radius 1 is 1.14 bits per heavy atom. The molecule has 4 rings (SSSR count). The molecule has 1 fully saturated rings. The zero-order valence-corrected chi connectivity index (χ0v) is 16.4. The fourth-order valence-electron chi connectivity index (χ4n) is 4.47. The van der Waals surface area contributed by atoms with E-state index in [-0.39, 0.29) is 16.9 Å². The van der Waals surface area contributed by atoms with Crippen LogP contribution in [-0.4, -0.2) is 28.8 Å². The normalized spacial score (nSPS) is 19.4. The molecule has 0 saturated carbocycles. The van der Waals surface area contributed by atoms with E-state index >= 15 is 0 Å². The highest BCUT2D eigenvalue weighted by Crippen LogP contribution is 2.39. The van der Waals surface area contributed by atoms with E-state index in [9.17, 15) is 14.9 Å². The van der Waals surface area contributed by atoms with E-state index in [1.807, 2.05) is 24.8 Å². The van der Waals surface area contributed by atoms with Crippen molar-refractivity contribution in [2.24, 2.45) is 5.41 Å². The number of anilines is 1. The first-order chi connectivity index (χ1) is 13.3. The quantitative estimate of drug-likeness (QED) is 0.578. The zero-order valence-electron chi connectivity index (χ0n) is 16.4. The Morgan fingerprint density at radius 2 is 1.82 bits per heavy atom. The van der Waals surface area contributed by atoms with Gasteiger partial charge in [0.05, 0.1) is 10.6 Å². The third-order valence-electron chi connectivity index (χ3n) is 5.91. The van der Waals surface area contributed by atoms with Crippen LogP contribution in [0.5, 0.6) is 0 Å². The zero-order chi connectivity index (χ0) is 19.9. The van der Waals surface area contributed by atoms with E-state index < -0.39 is 4.92 Å². The molecule has 0 spiro atoms. The van der Waals surface area contributed by atoms with E-state index in [2.05, 4.69) is 29.2 Å². The van der Waals surface area contributed by atoms with Gasteiger partial charge < -0.3 is 4.90 Å². The lowest BCUT2D eigenvalue weighted by atomic mass is 9.75. The first kappa shape index (κ1) is 18.6. The van der Waals surface area contributed by atoms with Gasteiger partial charge in [-0.15, -0.1) is 0 Å². The minimum Gasteiger partial charge on any atom is -0.351 e. The van der Waals surface area contributed by atoms with Crippen LogP contribution >= 0.6 is 0 Å². The van der Waals surface area contributed by atoms with Gasteiger partial charge in [0.25, 0.3) is 0 Å². The first-order valence-electron chi connectivity index (χ1n) is 9.85. The Labute approximate surface area is 164 Å². The Bertz CT molecular complexity index is 916. The largest absolute Gasteiger partial charge is 0.351 e. The van der Waals surface area contributed by atoms with Crippen LogP contribution in [-0.2, 0) is 6.42 Å². The third-order valence-corrected chi connectivity index (χ3v) is 5.91. The molecule has 6 nitrogen and oxygen atoms in total. The summed E-state index contributed by atoms with van der Waals surface area (Å²) in [6.07, 6.45) is 2.94. The van der Waals surface area contributed by atoms with Gasteiger partial charge in [-0.3, -0.25) is 14.9 Å². The van der Waals surface area contributed by atoms with Gasteiger partial charge in [0.2, 0.25) is 5.82 Å². The van der Waals surface area contributed by atoms with Gasteiger partial charge in [-0.2, -0.15) is 0 Å². The number of ketones is 1. The van der Waals surface area contributed by atoms with Gasteiger partial charge in [-0.1, -0.05) is 44.2 Å². The summed E-state index contributed by atoms with van der Waals surface area (Å²) in [5, 5.41) is 11.7. The maximum atomic E-state index is 12.5. The van der Waals surface area contributed by atoms with Crippen molar-refractivity contribution in [1.82, 2.24) is 4.98 Å². The van der Waals surface area contributed by atoms with Crippen LogP contribution in [0.15, 0.2) is 36.4 Å². The number of aromatic nitrogens is 1. The predicted octanol–water partition coefficient (Wildman–Crippen LogP) is 4.53. The van der Waals surface area contributed by atoms with Crippen molar-refractivity contribution in [2.75, 3.05) is 18.0 Å². The molecule has 146 valence electrons. The van der Waals surface area contributed by atoms with Crippen LogP contribution in [0, 0.1) is 15.5 Å². The average molecular weight is 379 g/mol. The molecular formula is C22H25N3O3. The molecule has 0 atom stereocenters. The molecule has 0 unspecified atom stereocenters. The summed E-state index contributed by atoms with van der Waals surface area (Å²) in [6, 6.07) is 11.9. The van der Waals surface area contributed by atoms with Crippen molar-refractivity contribution < 1.29 is 9.72 Å². The molecule has 28 heavy (non-hydrogen) atoms. The number of hydrogen-bond donors (Lipinski definition) is 0. The number of carbonyl (C=O) groups is 1. The Kier molecular flexibility index (Phi) is 4.65. The number of piperidine rings is 1. The van der Waals surface area contributed by atoms with Crippen molar-refractivity contribution >= 4 is 17.3 Å².